The molecule has 120 valence electrons. The number of halogens is 2. The first-order valence-corrected chi connectivity index (χ1v) is 7.60. The van der Waals surface area contributed by atoms with Gasteiger partial charge in [-0.15, -0.1) is 0 Å². The topological polar surface area (TPSA) is 68.3 Å². The van der Waals surface area contributed by atoms with Crippen LogP contribution >= 0.6 is 23.2 Å². The molecule has 0 radical (unpaired) electrons. The summed E-state index contributed by atoms with van der Waals surface area (Å²) in [6.45, 7) is 0.0998. The van der Waals surface area contributed by atoms with E-state index in [1.54, 1.807) is 0 Å². The van der Waals surface area contributed by atoms with E-state index in [2.05, 4.69) is 10.3 Å². The number of pyridine rings is 1. The number of rotatable bonds is 6. The molecule has 1 aromatic heterocycles. The summed E-state index contributed by atoms with van der Waals surface area (Å²) in [7, 11) is 0. The second-order valence-corrected chi connectivity index (χ2v) is 5.42. The van der Waals surface area contributed by atoms with Gasteiger partial charge in [-0.05, 0) is 18.1 Å². The zero-order valence-corrected chi connectivity index (χ0v) is 13.6. The fourth-order valence-electron chi connectivity index (χ4n) is 1.79. The van der Waals surface area contributed by atoms with Crippen LogP contribution in [-0.4, -0.2) is 30.0 Å². The number of nitrogens with one attached hydrogen (secondary N) is 1. The molecule has 0 bridgehead atoms. The second kappa shape index (κ2) is 8.50. The van der Waals surface area contributed by atoms with Gasteiger partial charge in [-0.3, -0.25) is 4.79 Å². The molecule has 2 aromatic rings. The Morgan fingerprint density at radius 1 is 1.17 bits per heavy atom. The number of nitrogens with zero attached hydrogens (tertiary/aromatic N) is 1. The molecule has 5 nitrogen and oxygen atoms in total. The number of amides is 1. The maximum atomic E-state index is 11.8. The van der Waals surface area contributed by atoms with Gasteiger partial charge in [0.1, 0.15) is 5.15 Å². The largest absolute Gasteiger partial charge is 0.452 e. The third-order valence-corrected chi connectivity index (χ3v) is 3.63. The molecule has 1 aromatic carbocycles. The van der Waals surface area contributed by atoms with Gasteiger partial charge < -0.3 is 10.1 Å². The van der Waals surface area contributed by atoms with Crippen LogP contribution in [0.2, 0.25) is 10.2 Å². The lowest BCUT2D eigenvalue weighted by Crippen LogP contribution is -2.30. The summed E-state index contributed by atoms with van der Waals surface area (Å²) in [6.07, 6.45) is 1.95. The van der Waals surface area contributed by atoms with Crippen LogP contribution in [0.15, 0.2) is 42.6 Å². The normalized spacial score (nSPS) is 10.2. The van der Waals surface area contributed by atoms with Crippen LogP contribution in [0.25, 0.3) is 0 Å². The third-order valence-electron chi connectivity index (χ3n) is 2.95. The lowest BCUT2D eigenvalue weighted by Gasteiger charge is -2.07. The average Bonchev–Trinajstić information content (AvgIpc) is 2.56. The Labute approximate surface area is 143 Å². The summed E-state index contributed by atoms with van der Waals surface area (Å²) < 4.78 is 4.89. The van der Waals surface area contributed by atoms with Crippen LogP contribution in [0.4, 0.5) is 0 Å². The molecule has 0 spiro atoms. The molecule has 7 heteroatoms. The van der Waals surface area contributed by atoms with Gasteiger partial charge in [0.15, 0.2) is 6.61 Å². The van der Waals surface area contributed by atoms with E-state index in [0.29, 0.717) is 13.0 Å². The van der Waals surface area contributed by atoms with Crippen LogP contribution in [0.1, 0.15) is 15.9 Å². The summed E-state index contributed by atoms with van der Waals surface area (Å²) in [5, 5.41) is 2.93. The first-order chi connectivity index (χ1) is 11.1. The van der Waals surface area contributed by atoms with Gasteiger partial charge in [0, 0.05) is 12.7 Å². The Morgan fingerprint density at radius 2 is 1.91 bits per heavy atom. The van der Waals surface area contributed by atoms with Crippen molar-refractivity contribution in [3.05, 3.63) is 63.9 Å². The van der Waals surface area contributed by atoms with Crippen molar-refractivity contribution in [2.75, 3.05) is 13.2 Å². The van der Waals surface area contributed by atoms with Crippen molar-refractivity contribution in [1.29, 1.82) is 0 Å². The van der Waals surface area contributed by atoms with E-state index < -0.39 is 5.97 Å². The zero-order chi connectivity index (χ0) is 16.7. The molecule has 1 amide bonds. The fraction of sp³-hybridized carbons (Fsp3) is 0.188. The van der Waals surface area contributed by atoms with E-state index in [-0.39, 0.29) is 28.3 Å². The fourth-order valence-corrected chi connectivity index (χ4v) is 2.06. The van der Waals surface area contributed by atoms with Crippen molar-refractivity contribution >= 4 is 35.1 Å². The first-order valence-electron chi connectivity index (χ1n) is 6.85. The number of ether oxygens (including phenoxy) is 1. The van der Waals surface area contributed by atoms with E-state index in [1.807, 2.05) is 30.3 Å². The lowest BCUT2D eigenvalue weighted by molar-refractivity contribution is -0.124. The SMILES string of the molecule is O=C(COC(=O)c1cnc(Cl)c(Cl)c1)NCCc1ccccc1. The number of carbonyl (C=O) groups is 2. The smallest absolute Gasteiger partial charge is 0.340 e. The Morgan fingerprint density at radius 3 is 2.61 bits per heavy atom. The molecule has 0 fully saturated rings. The van der Waals surface area contributed by atoms with Crippen molar-refractivity contribution in [2.24, 2.45) is 0 Å². The van der Waals surface area contributed by atoms with Crippen molar-refractivity contribution in [2.45, 2.75) is 6.42 Å². The molecule has 0 saturated carbocycles. The van der Waals surface area contributed by atoms with E-state index in [0.717, 1.165) is 5.56 Å². The number of hydrogen-bond acceptors (Lipinski definition) is 4. The molecule has 1 heterocycles. The molecular weight excluding hydrogens is 339 g/mol. The molecule has 0 saturated heterocycles. The quantitative estimate of drug-likeness (QED) is 0.641. The van der Waals surface area contributed by atoms with E-state index in [1.165, 1.54) is 12.3 Å². The molecule has 0 aliphatic heterocycles. The summed E-state index contributed by atoms with van der Waals surface area (Å²) in [6, 6.07) is 11.1. The number of esters is 1. The Balaban J connectivity index is 1.73. The number of hydrogen-bond donors (Lipinski definition) is 1. The number of carbonyl (C=O) groups excluding carboxylic acids is 2. The maximum absolute atomic E-state index is 11.8. The van der Waals surface area contributed by atoms with Crippen LogP contribution < -0.4 is 5.32 Å². The van der Waals surface area contributed by atoms with Crippen LogP contribution in [0, 0.1) is 0 Å². The molecular formula is C16H14Cl2N2O3. The van der Waals surface area contributed by atoms with Gasteiger partial charge in [0.05, 0.1) is 10.6 Å². The van der Waals surface area contributed by atoms with Gasteiger partial charge in [0.25, 0.3) is 5.91 Å². The molecule has 2 rings (SSSR count). The summed E-state index contributed by atoms with van der Waals surface area (Å²) in [5.74, 6) is -1.06. The highest BCUT2D eigenvalue weighted by Gasteiger charge is 2.12. The number of benzene rings is 1. The van der Waals surface area contributed by atoms with E-state index in [9.17, 15) is 9.59 Å². The molecule has 0 atom stereocenters. The average molecular weight is 353 g/mol. The second-order valence-electron chi connectivity index (χ2n) is 4.66. The van der Waals surface area contributed by atoms with Crippen LogP contribution in [0.5, 0.6) is 0 Å². The first kappa shape index (κ1) is 17.2. The van der Waals surface area contributed by atoms with Crippen molar-refractivity contribution in [3.63, 3.8) is 0 Å². The molecule has 0 aliphatic carbocycles. The van der Waals surface area contributed by atoms with Gasteiger partial charge in [-0.25, -0.2) is 9.78 Å². The molecule has 23 heavy (non-hydrogen) atoms. The summed E-state index contributed by atoms with van der Waals surface area (Å²) in [4.78, 5) is 27.1. The molecule has 1 N–H and O–H groups in total. The van der Waals surface area contributed by atoms with Gasteiger partial charge in [-0.1, -0.05) is 53.5 Å². The van der Waals surface area contributed by atoms with Crippen molar-refractivity contribution in [3.8, 4) is 0 Å². The Kier molecular flexibility index (Phi) is 6.38. The monoisotopic (exact) mass is 352 g/mol. The maximum Gasteiger partial charge on any atom is 0.340 e. The zero-order valence-electron chi connectivity index (χ0n) is 12.1. The number of aromatic nitrogens is 1. The standard InChI is InChI=1S/C16H14Cl2N2O3/c17-13-8-12(9-20-15(13)18)16(22)23-10-14(21)19-7-6-11-4-2-1-3-5-11/h1-5,8-9H,6-7,10H2,(H,19,21). The highest BCUT2D eigenvalue weighted by atomic mass is 35.5. The van der Waals surface area contributed by atoms with Crippen molar-refractivity contribution in [1.82, 2.24) is 10.3 Å². The van der Waals surface area contributed by atoms with Gasteiger partial charge in [0.2, 0.25) is 0 Å². The lowest BCUT2D eigenvalue weighted by atomic mass is 10.1. The summed E-state index contributed by atoms with van der Waals surface area (Å²) in [5.41, 5.74) is 1.25. The predicted octanol–water partition coefficient (Wildman–Crippen LogP) is 2.90. The van der Waals surface area contributed by atoms with Gasteiger partial charge >= 0.3 is 5.97 Å². The minimum absolute atomic E-state index is 0.0990. The summed E-state index contributed by atoms with van der Waals surface area (Å²) >= 11 is 11.4. The molecule has 0 aliphatic rings. The Bertz CT molecular complexity index is 693. The minimum atomic E-state index is -0.686. The highest BCUT2D eigenvalue weighted by Crippen LogP contribution is 2.19. The van der Waals surface area contributed by atoms with Crippen molar-refractivity contribution < 1.29 is 14.3 Å². The molecule has 0 unspecified atom stereocenters. The van der Waals surface area contributed by atoms with Gasteiger partial charge in [-0.2, -0.15) is 0 Å². The van der Waals surface area contributed by atoms with E-state index >= 15 is 0 Å². The van der Waals surface area contributed by atoms with E-state index in [4.69, 9.17) is 27.9 Å². The minimum Gasteiger partial charge on any atom is -0.452 e. The highest BCUT2D eigenvalue weighted by molar-refractivity contribution is 6.41. The third kappa shape index (κ3) is 5.54. The van der Waals surface area contributed by atoms with Crippen LogP contribution in [-0.2, 0) is 16.0 Å². The predicted molar refractivity (Wildman–Crippen MR) is 87.7 cm³/mol. The van der Waals surface area contributed by atoms with Crippen LogP contribution in [0.3, 0.4) is 0 Å². The Hall–Kier alpha value is -2.11.